The molecule has 9 heteroatoms. The average molecular weight is 399 g/mol. The maximum absolute atomic E-state index is 11.7. The monoisotopic (exact) mass is 399 g/mol. The van der Waals surface area contributed by atoms with Crippen LogP contribution in [0, 0.1) is 0 Å². The van der Waals surface area contributed by atoms with Crippen LogP contribution in [-0.4, -0.2) is 38.6 Å². The first-order valence-corrected chi connectivity index (χ1v) is 5.99. The van der Waals surface area contributed by atoms with Gasteiger partial charge >= 0.3 is 5.69 Å². The quantitative estimate of drug-likeness (QED) is 0.473. The van der Waals surface area contributed by atoms with Crippen LogP contribution < -0.4 is 17.0 Å². The molecule has 20 heavy (non-hydrogen) atoms. The largest absolute Gasteiger partial charge is 0.394 e. The van der Waals surface area contributed by atoms with E-state index >= 15 is 0 Å². The van der Waals surface area contributed by atoms with Crippen LogP contribution in [0.15, 0.2) is 15.8 Å². The summed E-state index contributed by atoms with van der Waals surface area (Å²) in [4.78, 5) is 25.5. The van der Waals surface area contributed by atoms with Gasteiger partial charge in [0.2, 0.25) is 0 Å². The predicted octanol–water partition coefficient (Wildman–Crippen LogP) is -1.19. The second kappa shape index (κ2) is 6.80. The zero-order chi connectivity index (χ0) is 14.2. The molecule has 1 saturated heterocycles. The fourth-order valence-electron chi connectivity index (χ4n) is 2.09. The van der Waals surface area contributed by atoms with Crippen LogP contribution in [0.1, 0.15) is 31.2 Å². The molecule has 1 aromatic rings. The Kier molecular flexibility index (Phi) is 5.89. The van der Waals surface area contributed by atoms with Gasteiger partial charge in [0.1, 0.15) is 12.3 Å². The van der Waals surface area contributed by atoms with E-state index in [1.807, 2.05) is 0 Å². The van der Waals surface area contributed by atoms with Gasteiger partial charge < -0.3 is 20.7 Å². The Morgan fingerprint density at radius 3 is 2.75 bits per heavy atom. The van der Waals surface area contributed by atoms with Gasteiger partial charge in [0, 0.05) is 18.7 Å². The van der Waals surface area contributed by atoms with Crippen molar-refractivity contribution in [3.05, 3.63) is 32.6 Å². The standard InChI is InChI=1S/C11H17N3O5.HI/c1-5(12)6-3-14(11(18)13-10(6)17)9-2-7(16)8(4-15)19-9;/h3,5,7-9,15-16H,2,4,12H2,1H3,(H,13,17,18);1H/t5?,7-,8+,9+;/m0./s1. The number of ether oxygens (including phenoxy) is 1. The van der Waals surface area contributed by atoms with Crippen LogP contribution in [-0.2, 0) is 4.74 Å². The fraction of sp³-hybridized carbons (Fsp3) is 0.636. The van der Waals surface area contributed by atoms with Crippen molar-refractivity contribution in [2.45, 2.75) is 37.8 Å². The van der Waals surface area contributed by atoms with E-state index in [2.05, 4.69) is 4.98 Å². The van der Waals surface area contributed by atoms with Gasteiger partial charge in [0.25, 0.3) is 5.56 Å². The molecule has 0 aliphatic carbocycles. The highest BCUT2D eigenvalue weighted by atomic mass is 127. The number of hydrogen-bond donors (Lipinski definition) is 4. The summed E-state index contributed by atoms with van der Waals surface area (Å²) in [5, 5.41) is 18.7. The first-order chi connectivity index (χ1) is 8.93. The van der Waals surface area contributed by atoms with E-state index in [1.165, 1.54) is 10.8 Å². The Morgan fingerprint density at radius 1 is 1.60 bits per heavy atom. The molecular formula is C11H18IN3O5. The maximum Gasteiger partial charge on any atom is 0.330 e. The molecule has 0 bridgehead atoms. The van der Waals surface area contributed by atoms with E-state index in [0.29, 0.717) is 0 Å². The number of aromatic amines is 1. The Hall–Kier alpha value is -0.750. The number of aliphatic hydroxyl groups is 2. The minimum absolute atomic E-state index is 0. The molecule has 1 aliphatic rings. The second-order valence-electron chi connectivity index (χ2n) is 4.65. The van der Waals surface area contributed by atoms with Gasteiger partial charge in [0.15, 0.2) is 0 Å². The average Bonchev–Trinajstić information content (AvgIpc) is 2.69. The highest BCUT2D eigenvalue weighted by Gasteiger charge is 2.35. The SMILES string of the molecule is CC(N)c1cn([C@H]2C[C@H](O)[C@@H](CO)O2)c(=O)[nH]c1=O.I. The minimum atomic E-state index is -0.854. The van der Waals surface area contributed by atoms with Crippen molar-refractivity contribution in [3.63, 3.8) is 0 Å². The van der Waals surface area contributed by atoms with Crippen molar-refractivity contribution in [2.75, 3.05) is 6.61 Å². The molecule has 5 N–H and O–H groups in total. The second-order valence-corrected chi connectivity index (χ2v) is 4.65. The van der Waals surface area contributed by atoms with Crippen LogP contribution in [0.5, 0.6) is 0 Å². The van der Waals surface area contributed by atoms with Gasteiger partial charge in [0.05, 0.1) is 18.3 Å². The fourth-order valence-corrected chi connectivity index (χ4v) is 2.09. The molecule has 2 rings (SSSR count). The van der Waals surface area contributed by atoms with E-state index in [9.17, 15) is 14.7 Å². The normalized spacial score (nSPS) is 27.1. The lowest BCUT2D eigenvalue weighted by Gasteiger charge is -2.16. The molecule has 0 amide bonds. The summed E-state index contributed by atoms with van der Waals surface area (Å²) in [6.07, 6.45) is -0.817. The van der Waals surface area contributed by atoms with E-state index in [0.717, 1.165) is 0 Å². The third kappa shape index (κ3) is 3.28. The van der Waals surface area contributed by atoms with Crippen molar-refractivity contribution >= 4 is 24.0 Å². The van der Waals surface area contributed by atoms with Crippen LogP contribution in [0.3, 0.4) is 0 Å². The van der Waals surface area contributed by atoms with Crippen molar-refractivity contribution in [2.24, 2.45) is 5.73 Å². The molecular weight excluding hydrogens is 381 g/mol. The third-order valence-corrected chi connectivity index (χ3v) is 3.18. The molecule has 1 aromatic heterocycles. The minimum Gasteiger partial charge on any atom is -0.394 e. The molecule has 0 aromatic carbocycles. The zero-order valence-corrected chi connectivity index (χ0v) is 13.2. The Morgan fingerprint density at radius 2 is 2.25 bits per heavy atom. The number of nitrogens with two attached hydrogens (primary N) is 1. The highest BCUT2D eigenvalue weighted by molar-refractivity contribution is 14.0. The molecule has 0 spiro atoms. The summed E-state index contributed by atoms with van der Waals surface area (Å²) in [5.74, 6) is 0. The number of halogens is 1. The van der Waals surface area contributed by atoms with Gasteiger partial charge in [-0.25, -0.2) is 4.79 Å². The highest BCUT2D eigenvalue weighted by Crippen LogP contribution is 2.27. The predicted molar refractivity (Wildman–Crippen MR) is 81.0 cm³/mol. The summed E-state index contributed by atoms with van der Waals surface area (Å²) < 4.78 is 6.54. The van der Waals surface area contributed by atoms with Crippen LogP contribution in [0.2, 0.25) is 0 Å². The molecule has 2 heterocycles. The summed E-state index contributed by atoms with van der Waals surface area (Å²) >= 11 is 0. The molecule has 4 atom stereocenters. The topological polar surface area (TPSA) is 131 Å². The first kappa shape index (κ1) is 17.3. The number of aliphatic hydroxyl groups excluding tert-OH is 2. The number of hydrogen-bond acceptors (Lipinski definition) is 6. The van der Waals surface area contributed by atoms with Gasteiger partial charge in [-0.2, -0.15) is 0 Å². The van der Waals surface area contributed by atoms with Crippen LogP contribution in [0.25, 0.3) is 0 Å². The van der Waals surface area contributed by atoms with Gasteiger partial charge in [-0.15, -0.1) is 24.0 Å². The molecule has 1 unspecified atom stereocenters. The van der Waals surface area contributed by atoms with Gasteiger partial charge in [-0.05, 0) is 6.92 Å². The number of H-pyrrole nitrogens is 1. The molecule has 1 aliphatic heterocycles. The van der Waals surface area contributed by atoms with Gasteiger partial charge in [-0.3, -0.25) is 14.3 Å². The maximum atomic E-state index is 11.7. The molecule has 0 saturated carbocycles. The lowest BCUT2D eigenvalue weighted by atomic mass is 10.2. The zero-order valence-electron chi connectivity index (χ0n) is 10.9. The lowest BCUT2D eigenvalue weighted by Crippen LogP contribution is -2.35. The summed E-state index contributed by atoms with van der Waals surface area (Å²) in [6.45, 7) is 1.29. The van der Waals surface area contributed by atoms with E-state index in [-0.39, 0.29) is 42.6 Å². The number of aromatic nitrogens is 2. The molecule has 0 radical (unpaired) electrons. The van der Waals surface area contributed by atoms with Crippen LogP contribution >= 0.6 is 24.0 Å². The van der Waals surface area contributed by atoms with Crippen molar-refractivity contribution in [1.29, 1.82) is 0 Å². The first-order valence-electron chi connectivity index (χ1n) is 5.99. The molecule has 8 nitrogen and oxygen atoms in total. The number of rotatable bonds is 3. The summed E-state index contributed by atoms with van der Waals surface area (Å²) in [6, 6.07) is -0.532. The molecule has 1 fully saturated rings. The van der Waals surface area contributed by atoms with Crippen LogP contribution in [0.4, 0.5) is 0 Å². The number of nitrogens with zero attached hydrogens (tertiary/aromatic N) is 1. The number of nitrogens with one attached hydrogen (secondary N) is 1. The summed E-state index contributed by atoms with van der Waals surface area (Å²) in [7, 11) is 0. The Bertz CT molecular complexity index is 570. The summed E-state index contributed by atoms with van der Waals surface area (Å²) in [5.41, 5.74) is 4.73. The van der Waals surface area contributed by atoms with Crippen molar-refractivity contribution < 1.29 is 14.9 Å². The van der Waals surface area contributed by atoms with E-state index in [1.54, 1.807) is 6.92 Å². The van der Waals surface area contributed by atoms with Crippen molar-refractivity contribution in [1.82, 2.24) is 9.55 Å². The van der Waals surface area contributed by atoms with E-state index in [4.69, 9.17) is 15.6 Å². The van der Waals surface area contributed by atoms with Crippen molar-refractivity contribution in [3.8, 4) is 0 Å². The van der Waals surface area contributed by atoms with Gasteiger partial charge in [-0.1, -0.05) is 0 Å². The Labute approximate surface area is 131 Å². The smallest absolute Gasteiger partial charge is 0.330 e. The third-order valence-electron chi connectivity index (χ3n) is 3.18. The lowest BCUT2D eigenvalue weighted by molar-refractivity contribution is -0.0460. The Balaban J connectivity index is 0.00000200. The van der Waals surface area contributed by atoms with E-state index < -0.39 is 35.7 Å². The molecule has 114 valence electrons.